The summed E-state index contributed by atoms with van der Waals surface area (Å²) in [5.74, 6) is -0.483. The van der Waals surface area contributed by atoms with Gasteiger partial charge in [-0.25, -0.2) is 0 Å². The van der Waals surface area contributed by atoms with Crippen LogP contribution >= 0.6 is 0 Å². The molecule has 3 aromatic rings. The number of H-pyrrole nitrogens is 1. The number of carbonyl (C=O) groups excluding carboxylic acids is 1. The first-order chi connectivity index (χ1) is 11.6. The third kappa shape index (κ3) is 3.22. The minimum Gasteiger partial charge on any atom is -0.292 e. The highest BCUT2D eigenvalue weighted by Crippen LogP contribution is 2.22. The van der Waals surface area contributed by atoms with Crippen LogP contribution in [0.1, 0.15) is 10.5 Å². The molecule has 0 spiro atoms. The van der Waals surface area contributed by atoms with E-state index in [1.807, 2.05) is 30.3 Å². The fraction of sp³-hybridized carbons (Fsp3) is 0. The third-order valence-corrected chi connectivity index (χ3v) is 3.30. The maximum absolute atomic E-state index is 12.1. The van der Waals surface area contributed by atoms with Crippen LogP contribution in [0.4, 0.5) is 11.4 Å². The van der Waals surface area contributed by atoms with Crippen molar-refractivity contribution in [2.45, 2.75) is 0 Å². The zero-order valence-electron chi connectivity index (χ0n) is 12.4. The van der Waals surface area contributed by atoms with E-state index < -0.39 is 10.8 Å². The number of para-hydroxylation sites is 2. The number of anilines is 1. The second-order valence-electron chi connectivity index (χ2n) is 4.89. The Balaban J connectivity index is 1.71. The SMILES string of the molecule is O=C(NNc1ccccc1[N+](=O)[O-])c1cc(-c2ccccc2)n[nH]1. The molecule has 0 aliphatic heterocycles. The zero-order valence-corrected chi connectivity index (χ0v) is 12.4. The summed E-state index contributed by atoms with van der Waals surface area (Å²) >= 11 is 0. The molecular weight excluding hydrogens is 310 g/mol. The molecule has 24 heavy (non-hydrogen) atoms. The van der Waals surface area contributed by atoms with E-state index in [-0.39, 0.29) is 17.1 Å². The second-order valence-corrected chi connectivity index (χ2v) is 4.89. The Bertz CT molecular complexity index is 876. The number of aromatic amines is 1. The van der Waals surface area contributed by atoms with Crippen molar-refractivity contribution in [1.29, 1.82) is 0 Å². The average Bonchev–Trinajstić information content (AvgIpc) is 3.11. The van der Waals surface area contributed by atoms with E-state index in [4.69, 9.17) is 0 Å². The number of nitrogens with one attached hydrogen (secondary N) is 3. The summed E-state index contributed by atoms with van der Waals surface area (Å²) in [5.41, 5.74) is 6.77. The first-order valence-electron chi connectivity index (χ1n) is 7.06. The minimum atomic E-state index is -0.530. The van der Waals surface area contributed by atoms with Crippen molar-refractivity contribution >= 4 is 17.3 Å². The van der Waals surface area contributed by atoms with Gasteiger partial charge in [0.05, 0.1) is 10.6 Å². The molecule has 0 bridgehead atoms. The van der Waals surface area contributed by atoms with E-state index in [1.54, 1.807) is 18.2 Å². The van der Waals surface area contributed by atoms with Crippen molar-refractivity contribution in [1.82, 2.24) is 15.6 Å². The van der Waals surface area contributed by atoms with E-state index in [9.17, 15) is 14.9 Å². The van der Waals surface area contributed by atoms with E-state index in [1.165, 1.54) is 12.1 Å². The molecule has 0 atom stereocenters. The Kier molecular flexibility index (Phi) is 4.19. The molecule has 0 saturated heterocycles. The van der Waals surface area contributed by atoms with Gasteiger partial charge in [-0.2, -0.15) is 5.10 Å². The molecule has 1 aromatic heterocycles. The molecule has 8 nitrogen and oxygen atoms in total. The highest BCUT2D eigenvalue weighted by atomic mass is 16.6. The van der Waals surface area contributed by atoms with Gasteiger partial charge < -0.3 is 0 Å². The Morgan fingerprint density at radius 1 is 1.08 bits per heavy atom. The average molecular weight is 323 g/mol. The topological polar surface area (TPSA) is 113 Å². The van der Waals surface area contributed by atoms with Gasteiger partial charge in [0.1, 0.15) is 11.4 Å². The molecule has 0 fully saturated rings. The van der Waals surface area contributed by atoms with Crippen LogP contribution in [0.3, 0.4) is 0 Å². The lowest BCUT2D eigenvalue weighted by Gasteiger charge is -2.07. The van der Waals surface area contributed by atoms with Crippen LogP contribution < -0.4 is 10.9 Å². The molecule has 1 amide bonds. The number of nitro benzene ring substituents is 1. The number of rotatable bonds is 5. The molecule has 120 valence electrons. The quantitative estimate of drug-likeness (QED) is 0.493. The zero-order chi connectivity index (χ0) is 16.9. The van der Waals surface area contributed by atoms with Gasteiger partial charge in [0, 0.05) is 11.6 Å². The highest BCUT2D eigenvalue weighted by Gasteiger charge is 2.14. The number of hydrogen-bond donors (Lipinski definition) is 3. The normalized spacial score (nSPS) is 10.2. The number of aromatic nitrogens is 2. The fourth-order valence-electron chi connectivity index (χ4n) is 2.12. The minimum absolute atomic E-state index is 0.132. The van der Waals surface area contributed by atoms with E-state index in [0.717, 1.165) is 5.56 Å². The molecule has 0 aliphatic carbocycles. The van der Waals surface area contributed by atoms with Gasteiger partial charge in [-0.05, 0) is 12.1 Å². The Labute approximate surface area is 136 Å². The second kappa shape index (κ2) is 6.61. The maximum Gasteiger partial charge on any atom is 0.294 e. The van der Waals surface area contributed by atoms with Gasteiger partial charge in [0.25, 0.3) is 11.6 Å². The van der Waals surface area contributed by atoms with Crippen LogP contribution in [0.5, 0.6) is 0 Å². The predicted molar refractivity (Wildman–Crippen MR) is 88.2 cm³/mol. The van der Waals surface area contributed by atoms with Gasteiger partial charge in [0.15, 0.2) is 0 Å². The van der Waals surface area contributed by atoms with Gasteiger partial charge >= 0.3 is 0 Å². The smallest absolute Gasteiger partial charge is 0.292 e. The highest BCUT2D eigenvalue weighted by molar-refractivity contribution is 5.94. The van der Waals surface area contributed by atoms with E-state index in [2.05, 4.69) is 21.0 Å². The first kappa shape index (κ1) is 15.2. The van der Waals surface area contributed by atoms with Crippen molar-refractivity contribution in [3.05, 3.63) is 76.5 Å². The number of carbonyl (C=O) groups is 1. The lowest BCUT2D eigenvalue weighted by atomic mass is 10.1. The summed E-state index contributed by atoms with van der Waals surface area (Å²) < 4.78 is 0. The van der Waals surface area contributed by atoms with Crippen LogP contribution in [0.25, 0.3) is 11.3 Å². The van der Waals surface area contributed by atoms with Crippen molar-refractivity contribution in [2.24, 2.45) is 0 Å². The molecule has 3 N–H and O–H groups in total. The molecule has 0 unspecified atom stereocenters. The lowest BCUT2D eigenvalue weighted by molar-refractivity contribution is -0.384. The van der Waals surface area contributed by atoms with E-state index >= 15 is 0 Å². The summed E-state index contributed by atoms with van der Waals surface area (Å²) in [6, 6.07) is 17.0. The number of hydrogen-bond acceptors (Lipinski definition) is 5. The standard InChI is InChI=1S/C16H13N5O3/c22-16(20-17-12-8-4-5-9-15(12)21(23)24)14-10-13(18-19-14)11-6-2-1-3-7-11/h1-10,17H,(H,18,19)(H,20,22). The van der Waals surface area contributed by atoms with Gasteiger partial charge in [-0.15, -0.1) is 0 Å². The molecule has 0 saturated carbocycles. The maximum atomic E-state index is 12.1. The largest absolute Gasteiger partial charge is 0.294 e. The van der Waals surface area contributed by atoms with Crippen LogP contribution in [-0.2, 0) is 0 Å². The summed E-state index contributed by atoms with van der Waals surface area (Å²) in [5, 5.41) is 17.7. The van der Waals surface area contributed by atoms with Gasteiger partial charge in [-0.3, -0.25) is 30.9 Å². The molecule has 0 aliphatic rings. The number of nitro groups is 1. The van der Waals surface area contributed by atoms with Crippen LogP contribution in [0, 0.1) is 10.1 Å². The molecule has 3 rings (SSSR count). The molecule has 2 aromatic carbocycles. The van der Waals surface area contributed by atoms with Crippen LogP contribution in [0.15, 0.2) is 60.7 Å². The monoisotopic (exact) mass is 323 g/mol. The summed E-state index contributed by atoms with van der Waals surface area (Å²) in [6.07, 6.45) is 0. The number of hydrazine groups is 1. The molecule has 0 radical (unpaired) electrons. The van der Waals surface area contributed by atoms with Crippen molar-refractivity contribution < 1.29 is 9.72 Å². The van der Waals surface area contributed by atoms with Gasteiger partial charge in [-0.1, -0.05) is 42.5 Å². The first-order valence-corrected chi connectivity index (χ1v) is 7.06. The van der Waals surface area contributed by atoms with E-state index in [0.29, 0.717) is 5.69 Å². The third-order valence-electron chi connectivity index (χ3n) is 3.30. The van der Waals surface area contributed by atoms with Crippen molar-refractivity contribution in [3.8, 4) is 11.3 Å². The van der Waals surface area contributed by atoms with Gasteiger partial charge in [0.2, 0.25) is 0 Å². The summed E-state index contributed by atoms with van der Waals surface area (Å²) in [7, 11) is 0. The van der Waals surface area contributed by atoms with Crippen molar-refractivity contribution in [3.63, 3.8) is 0 Å². The molecule has 1 heterocycles. The Morgan fingerprint density at radius 2 is 1.79 bits per heavy atom. The predicted octanol–water partition coefficient (Wildman–Crippen LogP) is 2.74. The number of nitrogens with zero attached hydrogens (tertiary/aromatic N) is 2. The summed E-state index contributed by atoms with van der Waals surface area (Å²) in [6.45, 7) is 0. The molecular formula is C16H13N5O3. The van der Waals surface area contributed by atoms with Crippen LogP contribution in [-0.4, -0.2) is 21.0 Å². The Morgan fingerprint density at radius 3 is 2.54 bits per heavy atom. The van der Waals surface area contributed by atoms with Crippen molar-refractivity contribution in [2.75, 3.05) is 5.43 Å². The summed E-state index contributed by atoms with van der Waals surface area (Å²) in [4.78, 5) is 22.5. The van der Waals surface area contributed by atoms with Crippen LogP contribution in [0.2, 0.25) is 0 Å². The lowest BCUT2D eigenvalue weighted by Crippen LogP contribution is -2.29. The fourth-order valence-corrected chi connectivity index (χ4v) is 2.12. The number of amides is 1. The Hall–Kier alpha value is -3.68. The molecule has 8 heteroatoms. The number of benzene rings is 2.